The van der Waals surface area contributed by atoms with Crippen LogP contribution in [0, 0.1) is 0 Å². The molecular formula is C36H32N2O9. The van der Waals surface area contributed by atoms with Crippen molar-refractivity contribution in [1.82, 2.24) is 0 Å². The number of hydrogen-bond acceptors (Lipinski definition) is 9. The Bertz CT molecular complexity index is 2070. The molecule has 0 aliphatic rings. The number of benzene rings is 4. The molecule has 0 spiro atoms. The topological polar surface area (TPSA) is 135 Å². The van der Waals surface area contributed by atoms with E-state index in [1.165, 1.54) is 40.6 Å². The van der Waals surface area contributed by atoms with Crippen LogP contribution in [-0.2, 0) is 9.59 Å². The van der Waals surface area contributed by atoms with E-state index in [0.29, 0.717) is 56.9 Å². The molecule has 11 nitrogen and oxygen atoms in total. The predicted octanol–water partition coefficient (Wildman–Crippen LogP) is 6.29. The summed E-state index contributed by atoms with van der Waals surface area (Å²) in [6, 6.07) is 18.3. The molecule has 0 unspecified atom stereocenters. The minimum atomic E-state index is -0.422. The zero-order valence-corrected chi connectivity index (χ0v) is 26.3. The SMILES string of the molecule is COc1ccc(/C=C/C(=O)Nc2ccc3oc4ccc(NC(=O)/C=C/c5cc(OC)c(OC)c(OC)c5)cc4c(=O)c3c2)cc1OC. The zero-order valence-electron chi connectivity index (χ0n) is 26.3. The third kappa shape index (κ3) is 7.20. The normalized spacial score (nSPS) is 11.2. The molecule has 11 heteroatoms. The summed E-state index contributed by atoms with van der Waals surface area (Å²) < 4.78 is 32.6. The molecule has 47 heavy (non-hydrogen) atoms. The largest absolute Gasteiger partial charge is 0.493 e. The van der Waals surface area contributed by atoms with E-state index in [9.17, 15) is 14.4 Å². The maximum absolute atomic E-state index is 13.5. The quantitative estimate of drug-likeness (QED) is 0.127. The third-order valence-corrected chi connectivity index (χ3v) is 7.15. The van der Waals surface area contributed by atoms with Gasteiger partial charge in [-0.3, -0.25) is 14.4 Å². The second-order valence-electron chi connectivity index (χ2n) is 10.1. The van der Waals surface area contributed by atoms with Crippen molar-refractivity contribution >= 4 is 57.3 Å². The van der Waals surface area contributed by atoms with Gasteiger partial charge in [0.25, 0.3) is 0 Å². The third-order valence-electron chi connectivity index (χ3n) is 7.15. The molecule has 1 heterocycles. The number of ether oxygens (including phenoxy) is 5. The lowest BCUT2D eigenvalue weighted by Gasteiger charge is -2.12. The van der Waals surface area contributed by atoms with Gasteiger partial charge in [-0.25, -0.2) is 0 Å². The van der Waals surface area contributed by atoms with Crippen molar-refractivity contribution in [2.75, 3.05) is 46.2 Å². The molecule has 1 aromatic heterocycles. The molecule has 0 aliphatic heterocycles. The molecule has 0 aliphatic carbocycles. The van der Waals surface area contributed by atoms with Crippen LogP contribution in [0.3, 0.4) is 0 Å². The molecule has 0 bridgehead atoms. The Kier molecular flexibility index (Phi) is 9.75. The Morgan fingerprint density at radius 1 is 0.574 bits per heavy atom. The lowest BCUT2D eigenvalue weighted by atomic mass is 10.1. The minimum Gasteiger partial charge on any atom is -0.493 e. The first-order valence-electron chi connectivity index (χ1n) is 14.3. The highest BCUT2D eigenvalue weighted by atomic mass is 16.5. The molecule has 0 fully saturated rings. The van der Waals surface area contributed by atoms with Gasteiger partial charge in [0.2, 0.25) is 23.0 Å². The molecule has 0 radical (unpaired) electrons. The summed E-state index contributed by atoms with van der Waals surface area (Å²) in [4.78, 5) is 38.9. The molecule has 2 N–H and O–H groups in total. The Labute approximate surface area is 270 Å². The summed E-state index contributed by atoms with van der Waals surface area (Å²) in [6.45, 7) is 0. The van der Waals surface area contributed by atoms with Gasteiger partial charge in [0, 0.05) is 23.5 Å². The summed E-state index contributed by atoms with van der Waals surface area (Å²) in [5.74, 6) is 1.65. The maximum Gasteiger partial charge on any atom is 0.248 e. The van der Waals surface area contributed by atoms with Gasteiger partial charge in [-0.05, 0) is 83.9 Å². The number of fused-ring (bicyclic) bond motifs is 2. The van der Waals surface area contributed by atoms with Crippen LogP contribution in [0.1, 0.15) is 11.1 Å². The first kappa shape index (κ1) is 32.2. The second-order valence-corrected chi connectivity index (χ2v) is 10.1. The van der Waals surface area contributed by atoms with Crippen LogP contribution in [0.15, 0.2) is 88.1 Å². The van der Waals surface area contributed by atoms with Crippen molar-refractivity contribution in [3.05, 3.63) is 100 Å². The Morgan fingerprint density at radius 3 is 1.55 bits per heavy atom. The average Bonchev–Trinajstić information content (AvgIpc) is 3.09. The number of nitrogens with one attached hydrogen (secondary N) is 2. The predicted molar refractivity (Wildman–Crippen MR) is 181 cm³/mol. The molecule has 5 rings (SSSR count). The summed E-state index contributed by atoms with van der Waals surface area (Å²) >= 11 is 0. The van der Waals surface area contributed by atoms with Crippen LogP contribution in [0.4, 0.5) is 11.4 Å². The van der Waals surface area contributed by atoms with E-state index >= 15 is 0 Å². The van der Waals surface area contributed by atoms with Crippen LogP contribution in [0.25, 0.3) is 34.1 Å². The van der Waals surface area contributed by atoms with Gasteiger partial charge in [-0.15, -0.1) is 0 Å². The highest BCUT2D eigenvalue weighted by Crippen LogP contribution is 2.38. The Hall–Kier alpha value is -6.23. The molecule has 5 aromatic rings. The van der Waals surface area contributed by atoms with Crippen LogP contribution >= 0.6 is 0 Å². The number of hydrogen-bond donors (Lipinski definition) is 2. The van der Waals surface area contributed by atoms with Gasteiger partial charge in [0.05, 0.1) is 46.3 Å². The highest BCUT2D eigenvalue weighted by Gasteiger charge is 2.13. The fraction of sp³-hybridized carbons (Fsp3) is 0.139. The minimum absolute atomic E-state index is 0.265. The molecular weight excluding hydrogens is 604 g/mol. The van der Waals surface area contributed by atoms with Gasteiger partial charge in [-0.1, -0.05) is 6.07 Å². The molecule has 240 valence electrons. The zero-order chi connectivity index (χ0) is 33.5. The van der Waals surface area contributed by atoms with Gasteiger partial charge in [0.1, 0.15) is 11.2 Å². The standard InChI is InChI=1S/C36H32N2O9/c1-42-29-11-6-21(16-30(29)43-2)7-14-33(39)37-23-9-12-27-25(19-23)35(41)26-20-24(10-13-28(26)47-27)38-34(40)15-8-22-17-31(44-3)36(46-5)32(18-22)45-4/h6-20H,1-5H3,(H,37,39)(H,38,40)/b14-7+,15-8+. The van der Waals surface area contributed by atoms with E-state index < -0.39 is 11.8 Å². The van der Waals surface area contributed by atoms with Crippen molar-refractivity contribution in [3.8, 4) is 28.7 Å². The number of carbonyl (C=O) groups excluding carboxylic acids is 2. The molecule has 4 aromatic carbocycles. The van der Waals surface area contributed by atoms with Crippen molar-refractivity contribution in [2.24, 2.45) is 0 Å². The van der Waals surface area contributed by atoms with E-state index in [4.69, 9.17) is 28.1 Å². The first-order valence-corrected chi connectivity index (χ1v) is 14.3. The summed E-state index contributed by atoms with van der Waals surface area (Å²) in [6.07, 6.45) is 5.96. The van der Waals surface area contributed by atoms with Gasteiger partial charge >= 0.3 is 0 Å². The van der Waals surface area contributed by atoms with Crippen LogP contribution in [0.2, 0.25) is 0 Å². The van der Waals surface area contributed by atoms with Gasteiger partial charge in [0.15, 0.2) is 23.0 Å². The molecule has 0 saturated carbocycles. The van der Waals surface area contributed by atoms with E-state index in [1.54, 1.807) is 86.0 Å². The highest BCUT2D eigenvalue weighted by molar-refractivity contribution is 6.04. The average molecular weight is 637 g/mol. The number of rotatable bonds is 11. The van der Waals surface area contributed by atoms with Crippen LogP contribution in [0.5, 0.6) is 28.7 Å². The van der Waals surface area contributed by atoms with Crippen molar-refractivity contribution in [2.45, 2.75) is 0 Å². The molecule has 0 saturated heterocycles. The van der Waals surface area contributed by atoms with Crippen LogP contribution < -0.4 is 39.7 Å². The Balaban J connectivity index is 1.33. The van der Waals surface area contributed by atoms with Gasteiger partial charge in [-0.2, -0.15) is 0 Å². The second kappa shape index (κ2) is 14.2. The van der Waals surface area contributed by atoms with E-state index in [1.807, 2.05) is 0 Å². The summed E-state index contributed by atoms with van der Waals surface area (Å²) in [5.41, 5.74) is 2.58. The number of carbonyl (C=O) groups is 2. The van der Waals surface area contributed by atoms with E-state index in [2.05, 4.69) is 10.6 Å². The van der Waals surface area contributed by atoms with E-state index in [-0.39, 0.29) is 16.2 Å². The monoisotopic (exact) mass is 636 g/mol. The van der Waals surface area contributed by atoms with Crippen molar-refractivity contribution in [1.29, 1.82) is 0 Å². The lowest BCUT2D eigenvalue weighted by molar-refractivity contribution is -0.112. The van der Waals surface area contributed by atoms with Gasteiger partial charge < -0.3 is 38.7 Å². The summed E-state index contributed by atoms with van der Waals surface area (Å²) in [7, 11) is 7.61. The lowest BCUT2D eigenvalue weighted by Crippen LogP contribution is -2.10. The first-order chi connectivity index (χ1) is 22.8. The van der Waals surface area contributed by atoms with E-state index in [0.717, 1.165) is 5.56 Å². The summed E-state index contributed by atoms with van der Waals surface area (Å²) in [5, 5.41) is 6.06. The maximum atomic E-state index is 13.5. The fourth-order valence-electron chi connectivity index (χ4n) is 4.88. The fourth-order valence-corrected chi connectivity index (χ4v) is 4.88. The van der Waals surface area contributed by atoms with Crippen LogP contribution in [-0.4, -0.2) is 47.4 Å². The molecule has 0 atom stereocenters. The smallest absolute Gasteiger partial charge is 0.248 e. The molecule has 2 amide bonds. The number of methoxy groups -OCH3 is 5. The van der Waals surface area contributed by atoms with Crippen molar-refractivity contribution < 1.29 is 37.7 Å². The number of amides is 2. The van der Waals surface area contributed by atoms with Crippen molar-refractivity contribution in [3.63, 3.8) is 0 Å². The Morgan fingerprint density at radius 2 is 1.06 bits per heavy atom. The number of anilines is 2.